The molecule has 0 radical (unpaired) electrons. The van der Waals surface area contributed by atoms with Gasteiger partial charge in [-0.15, -0.1) is 0 Å². The van der Waals surface area contributed by atoms with E-state index in [1.807, 2.05) is 0 Å². The average molecular weight is 199 g/mol. The van der Waals surface area contributed by atoms with Crippen LogP contribution in [-0.2, 0) is 39.8 Å². The molecule has 0 spiro atoms. The quantitative estimate of drug-likeness (QED) is 0.530. The van der Waals surface area contributed by atoms with E-state index in [0.29, 0.717) is 13.2 Å². The van der Waals surface area contributed by atoms with Gasteiger partial charge in [-0.05, 0) is 0 Å². The zero-order valence-corrected chi connectivity index (χ0v) is 7.10. The smallest absolute Gasteiger partial charge is 0.308 e. The maximum atomic E-state index is 9.98. The van der Waals surface area contributed by atoms with Crippen molar-refractivity contribution in [2.24, 2.45) is 0 Å². The molecule has 1 aliphatic heterocycles. The van der Waals surface area contributed by atoms with E-state index in [-0.39, 0.29) is 26.2 Å². The number of hydrogen-bond acceptors (Lipinski definition) is 3. The van der Waals surface area contributed by atoms with Gasteiger partial charge in [0.05, 0.1) is 13.2 Å². The van der Waals surface area contributed by atoms with Gasteiger partial charge in [-0.3, -0.25) is 4.57 Å². The normalized spacial score (nSPS) is 21.7. The minimum atomic E-state index is -2.01. The summed E-state index contributed by atoms with van der Waals surface area (Å²) < 4.78 is 18.9. The van der Waals surface area contributed by atoms with Gasteiger partial charge in [0, 0.05) is 26.2 Å². The Morgan fingerprint density at radius 1 is 1.29 bits per heavy atom. The third-order valence-corrected chi connectivity index (χ3v) is 1.40. The zero-order chi connectivity index (χ0) is 4.41. The number of hydrogen-bond donors (Lipinski definition) is 0. The summed E-state index contributed by atoms with van der Waals surface area (Å²) in [6.45, 7) is 0.996. The Kier molecular flexibility index (Phi) is 4.55. The molecule has 1 heterocycles. The van der Waals surface area contributed by atoms with Crippen molar-refractivity contribution in [3.63, 3.8) is 0 Å². The molecule has 1 saturated heterocycles. The molecule has 0 bridgehead atoms. The molecular weight excluding hydrogens is 194 g/mol. The van der Waals surface area contributed by atoms with Gasteiger partial charge in [0.15, 0.2) is 0 Å². The summed E-state index contributed by atoms with van der Waals surface area (Å²) >= 11 is 0. The molecule has 0 aromatic rings. The van der Waals surface area contributed by atoms with Crippen molar-refractivity contribution in [3.05, 3.63) is 0 Å². The Morgan fingerprint density at radius 2 is 1.71 bits per heavy atom. The monoisotopic (exact) mass is 198 g/mol. The Bertz CT molecular complexity index is 67.3. The molecule has 0 aliphatic carbocycles. The summed E-state index contributed by atoms with van der Waals surface area (Å²) in [5.74, 6) is 0. The standard InChI is InChI=1S/C2H5O3P.Zr/c3-6-4-1-2-5-6;/h6H,1-2H2;. The zero-order valence-electron chi connectivity index (χ0n) is 3.64. The van der Waals surface area contributed by atoms with Crippen LogP contribution in [0, 0.1) is 0 Å². The predicted molar refractivity (Wildman–Crippen MR) is 20.9 cm³/mol. The third kappa shape index (κ3) is 2.76. The van der Waals surface area contributed by atoms with E-state index in [4.69, 9.17) is 0 Å². The van der Waals surface area contributed by atoms with E-state index >= 15 is 0 Å². The number of rotatable bonds is 0. The molecule has 7 heavy (non-hydrogen) atoms. The average Bonchev–Trinajstić information content (AvgIpc) is 1.86. The summed E-state index contributed by atoms with van der Waals surface area (Å²) in [4.78, 5) is 0. The van der Waals surface area contributed by atoms with Crippen LogP contribution in [0.4, 0.5) is 0 Å². The van der Waals surface area contributed by atoms with Crippen molar-refractivity contribution < 1.29 is 39.8 Å². The van der Waals surface area contributed by atoms with Crippen LogP contribution >= 0.6 is 8.25 Å². The van der Waals surface area contributed by atoms with E-state index in [9.17, 15) is 4.57 Å². The van der Waals surface area contributed by atoms with Crippen LogP contribution in [0.3, 0.4) is 0 Å². The maximum Gasteiger partial charge on any atom is 0.319 e. The van der Waals surface area contributed by atoms with Gasteiger partial charge in [0.25, 0.3) is 0 Å². The van der Waals surface area contributed by atoms with Crippen molar-refractivity contribution in [2.75, 3.05) is 13.2 Å². The Labute approximate surface area is 61.5 Å². The van der Waals surface area contributed by atoms with Crippen molar-refractivity contribution >= 4 is 8.25 Å². The topological polar surface area (TPSA) is 35.5 Å². The molecule has 0 atom stereocenters. The molecular formula is C2H5O3PZr. The molecule has 0 N–H and O–H groups in total. The van der Waals surface area contributed by atoms with E-state index in [1.54, 1.807) is 0 Å². The first kappa shape index (κ1) is 8.03. The molecule has 40 valence electrons. The molecule has 0 aromatic heterocycles. The summed E-state index contributed by atoms with van der Waals surface area (Å²) in [5, 5.41) is 0. The fourth-order valence-electron chi connectivity index (χ4n) is 0.292. The summed E-state index contributed by atoms with van der Waals surface area (Å²) in [7, 11) is -2.01. The Morgan fingerprint density at radius 3 is 1.86 bits per heavy atom. The third-order valence-electron chi connectivity index (χ3n) is 0.523. The van der Waals surface area contributed by atoms with Crippen LogP contribution in [0.15, 0.2) is 0 Å². The summed E-state index contributed by atoms with van der Waals surface area (Å²) in [5.41, 5.74) is 0. The van der Waals surface area contributed by atoms with Crippen molar-refractivity contribution in [3.8, 4) is 0 Å². The van der Waals surface area contributed by atoms with E-state index < -0.39 is 8.25 Å². The second-order valence-electron chi connectivity index (χ2n) is 0.947. The first-order chi connectivity index (χ1) is 2.89. The van der Waals surface area contributed by atoms with Gasteiger partial charge in [0.1, 0.15) is 0 Å². The molecule has 0 aromatic carbocycles. The maximum absolute atomic E-state index is 9.98. The first-order valence-electron chi connectivity index (χ1n) is 1.69. The van der Waals surface area contributed by atoms with Crippen molar-refractivity contribution in [1.29, 1.82) is 0 Å². The van der Waals surface area contributed by atoms with Gasteiger partial charge < -0.3 is 9.05 Å². The Balaban J connectivity index is 0.000000360. The van der Waals surface area contributed by atoms with Gasteiger partial charge in [-0.1, -0.05) is 0 Å². The van der Waals surface area contributed by atoms with Gasteiger partial charge in [-0.25, -0.2) is 0 Å². The fourth-order valence-corrected chi connectivity index (χ4v) is 0.875. The van der Waals surface area contributed by atoms with Crippen LogP contribution in [0.25, 0.3) is 0 Å². The molecule has 0 amide bonds. The van der Waals surface area contributed by atoms with Gasteiger partial charge >= 0.3 is 8.25 Å². The van der Waals surface area contributed by atoms with Crippen LogP contribution in [0.1, 0.15) is 0 Å². The van der Waals surface area contributed by atoms with Crippen LogP contribution in [0.2, 0.25) is 0 Å². The van der Waals surface area contributed by atoms with Crippen LogP contribution in [-0.4, -0.2) is 13.2 Å². The SMILES string of the molecule is O=[PH]1OCCO1.[Zr]. The first-order valence-corrected chi connectivity index (χ1v) is 2.91. The second-order valence-corrected chi connectivity index (χ2v) is 2.02. The minimum absolute atomic E-state index is 0. The minimum Gasteiger partial charge on any atom is -0.308 e. The van der Waals surface area contributed by atoms with Crippen LogP contribution in [0.5, 0.6) is 0 Å². The van der Waals surface area contributed by atoms with E-state index in [2.05, 4.69) is 9.05 Å². The fraction of sp³-hybridized carbons (Fsp3) is 1.00. The molecule has 0 unspecified atom stereocenters. The van der Waals surface area contributed by atoms with Crippen LogP contribution < -0.4 is 0 Å². The molecule has 1 rings (SSSR count). The van der Waals surface area contributed by atoms with Gasteiger partial charge in [0.2, 0.25) is 0 Å². The van der Waals surface area contributed by atoms with Crippen molar-refractivity contribution in [1.82, 2.24) is 0 Å². The summed E-state index contributed by atoms with van der Waals surface area (Å²) in [6.07, 6.45) is 0. The molecule has 5 heteroatoms. The molecule has 1 aliphatic rings. The molecule has 3 nitrogen and oxygen atoms in total. The molecule has 1 fully saturated rings. The summed E-state index contributed by atoms with van der Waals surface area (Å²) in [6, 6.07) is 0. The molecule has 0 saturated carbocycles. The second kappa shape index (κ2) is 3.97. The van der Waals surface area contributed by atoms with Crippen molar-refractivity contribution in [2.45, 2.75) is 0 Å². The largest absolute Gasteiger partial charge is 0.319 e. The predicted octanol–water partition coefficient (Wildman–Crippen LogP) is 0.420. The van der Waals surface area contributed by atoms with Gasteiger partial charge in [-0.2, -0.15) is 0 Å². The Hall–Kier alpha value is 1.03. The van der Waals surface area contributed by atoms with E-state index in [0.717, 1.165) is 0 Å². The van der Waals surface area contributed by atoms with E-state index in [1.165, 1.54) is 0 Å².